The van der Waals surface area contributed by atoms with Gasteiger partial charge in [-0.25, -0.2) is 9.78 Å². The van der Waals surface area contributed by atoms with Gasteiger partial charge in [0.05, 0.1) is 12.9 Å². The summed E-state index contributed by atoms with van der Waals surface area (Å²) >= 11 is 0. The van der Waals surface area contributed by atoms with Gasteiger partial charge in [0.25, 0.3) is 0 Å². The summed E-state index contributed by atoms with van der Waals surface area (Å²) in [7, 11) is 1.50. The first-order valence-corrected chi connectivity index (χ1v) is 6.32. The number of aliphatic carboxylic acids is 1. The molecule has 0 fully saturated rings. The van der Waals surface area contributed by atoms with Crippen LogP contribution >= 0.6 is 0 Å². The highest BCUT2D eigenvalue weighted by Gasteiger charge is 2.15. The van der Waals surface area contributed by atoms with Gasteiger partial charge in [-0.2, -0.15) is 0 Å². The summed E-state index contributed by atoms with van der Waals surface area (Å²) in [6.07, 6.45) is 5.99. The van der Waals surface area contributed by atoms with Gasteiger partial charge in [-0.3, -0.25) is 4.79 Å². The SMILES string of the molecule is COCCN(CC(=O)O)C(=O)NCCCn1ccnc1. The summed E-state index contributed by atoms with van der Waals surface area (Å²) in [5, 5.41) is 11.4. The largest absolute Gasteiger partial charge is 0.480 e. The summed E-state index contributed by atoms with van der Waals surface area (Å²) in [6.45, 7) is 1.43. The molecule has 0 unspecified atom stereocenters. The average Bonchev–Trinajstić information content (AvgIpc) is 2.92. The third-order valence-electron chi connectivity index (χ3n) is 2.61. The smallest absolute Gasteiger partial charge is 0.323 e. The molecule has 1 aromatic rings. The number of hydrogen-bond donors (Lipinski definition) is 2. The monoisotopic (exact) mass is 284 g/mol. The molecule has 1 rings (SSSR count). The van der Waals surface area contributed by atoms with Crippen LogP contribution in [0.25, 0.3) is 0 Å². The van der Waals surface area contributed by atoms with E-state index in [1.165, 1.54) is 12.0 Å². The summed E-state index contributed by atoms with van der Waals surface area (Å²) in [5.74, 6) is -1.05. The normalized spacial score (nSPS) is 10.2. The Bertz CT molecular complexity index is 408. The molecule has 0 aromatic carbocycles. The molecular weight excluding hydrogens is 264 g/mol. The highest BCUT2D eigenvalue weighted by Crippen LogP contribution is 1.93. The van der Waals surface area contributed by atoms with Crippen molar-refractivity contribution in [3.63, 3.8) is 0 Å². The van der Waals surface area contributed by atoms with Gasteiger partial charge < -0.3 is 24.6 Å². The van der Waals surface area contributed by atoms with Crippen LogP contribution in [0.4, 0.5) is 4.79 Å². The first kappa shape index (κ1) is 16.0. The van der Waals surface area contributed by atoms with E-state index in [1.807, 2.05) is 10.8 Å². The second-order valence-electron chi connectivity index (χ2n) is 4.19. The second-order valence-corrected chi connectivity index (χ2v) is 4.19. The maximum Gasteiger partial charge on any atom is 0.323 e. The molecule has 0 aliphatic carbocycles. The lowest BCUT2D eigenvalue weighted by Gasteiger charge is -2.20. The Morgan fingerprint density at radius 3 is 2.90 bits per heavy atom. The van der Waals surface area contributed by atoms with Crippen LogP contribution in [-0.4, -0.2) is 64.9 Å². The molecule has 20 heavy (non-hydrogen) atoms. The van der Waals surface area contributed by atoms with E-state index in [0.29, 0.717) is 13.2 Å². The Morgan fingerprint density at radius 1 is 1.50 bits per heavy atom. The number of aromatic nitrogens is 2. The van der Waals surface area contributed by atoms with Crippen molar-refractivity contribution in [1.29, 1.82) is 0 Å². The van der Waals surface area contributed by atoms with Crippen LogP contribution in [0.15, 0.2) is 18.7 Å². The van der Waals surface area contributed by atoms with Gasteiger partial charge in [-0.1, -0.05) is 0 Å². The molecule has 0 atom stereocenters. The van der Waals surface area contributed by atoms with E-state index in [0.717, 1.165) is 13.0 Å². The molecule has 0 aliphatic rings. The van der Waals surface area contributed by atoms with Crippen molar-refractivity contribution in [2.75, 3.05) is 33.4 Å². The summed E-state index contributed by atoms with van der Waals surface area (Å²) in [6, 6.07) is -0.393. The Hall–Kier alpha value is -2.09. The van der Waals surface area contributed by atoms with Crippen molar-refractivity contribution in [3.8, 4) is 0 Å². The van der Waals surface area contributed by atoms with E-state index < -0.39 is 12.0 Å². The maximum absolute atomic E-state index is 11.8. The highest BCUT2D eigenvalue weighted by molar-refractivity contribution is 5.80. The van der Waals surface area contributed by atoms with Crippen LogP contribution in [0, 0.1) is 0 Å². The average molecular weight is 284 g/mol. The van der Waals surface area contributed by atoms with Gasteiger partial charge in [0, 0.05) is 39.1 Å². The summed E-state index contributed by atoms with van der Waals surface area (Å²) in [4.78, 5) is 27.6. The molecule has 0 bridgehead atoms. The fourth-order valence-electron chi connectivity index (χ4n) is 1.60. The molecule has 8 nitrogen and oxygen atoms in total. The fraction of sp³-hybridized carbons (Fsp3) is 0.583. The van der Waals surface area contributed by atoms with Gasteiger partial charge >= 0.3 is 12.0 Å². The molecule has 0 aliphatic heterocycles. The van der Waals surface area contributed by atoms with Crippen molar-refractivity contribution in [1.82, 2.24) is 19.8 Å². The summed E-state index contributed by atoms with van der Waals surface area (Å²) < 4.78 is 6.76. The van der Waals surface area contributed by atoms with E-state index >= 15 is 0 Å². The lowest BCUT2D eigenvalue weighted by atomic mass is 10.4. The van der Waals surface area contributed by atoms with Gasteiger partial charge in [-0.15, -0.1) is 0 Å². The number of aryl methyl sites for hydroxylation is 1. The van der Waals surface area contributed by atoms with E-state index in [4.69, 9.17) is 9.84 Å². The minimum absolute atomic E-state index is 0.246. The number of carbonyl (C=O) groups is 2. The Kier molecular flexibility index (Phi) is 7.12. The number of nitrogens with zero attached hydrogens (tertiary/aromatic N) is 3. The molecular formula is C12H20N4O4. The van der Waals surface area contributed by atoms with Gasteiger partial charge in [0.2, 0.25) is 0 Å². The van der Waals surface area contributed by atoms with Gasteiger partial charge in [0.15, 0.2) is 0 Å². The lowest BCUT2D eigenvalue weighted by Crippen LogP contribution is -2.44. The zero-order valence-corrected chi connectivity index (χ0v) is 11.5. The quantitative estimate of drug-likeness (QED) is 0.623. The molecule has 0 spiro atoms. The number of hydrogen-bond acceptors (Lipinski definition) is 4. The Balaban J connectivity index is 2.27. The molecule has 112 valence electrons. The number of amides is 2. The second kappa shape index (κ2) is 8.92. The molecule has 1 heterocycles. The fourth-order valence-corrected chi connectivity index (χ4v) is 1.60. The number of carboxylic acids is 1. The standard InChI is InChI=1S/C12H20N4O4/c1-20-8-7-16(9-11(17)18)12(19)14-3-2-5-15-6-4-13-10-15/h4,6,10H,2-3,5,7-9H2,1H3,(H,14,19)(H,17,18). The van der Waals surface area contributed by atoms with Crippen LogP contribution in [0.2, 0.25) is 0 Å². The number of rotatable bonds is 9. The molecule has 1 aromatic heterocycles. The molecule has 2 N–H and O–H groups in total. The first-order chi connectivity index (χ1) is 9.63. The third kappa shape index (κ3) is 6.19. The molecule has 0 radical (unpaired) electrons. The van der Waals surface area contributed by atoms with Crippen LogP contribution < -0.4 is 5.32 Å². The van der Waals surface area contributed by atoms with Crippen molar-refractivity contribution in [3.05, 3.63) is 18.7 Å². The highest BCUT2D eigenvalue weighted by atomic mass is 16.5. The number of imidazole rings is 1. The van der Waals surface area contributed by atoms with Gasteiger partial charge in [0.1, 0.15) is 6.54 Å². The topological polar surface area (TPSA) is 96.7 Å². The van der Waals surface area contributed by atoms with E-state index in [2.05, 4.69) is 10.3 Å². The van der Waals surface area contributed by atoms with Crippen LogP contribution in [-0.2, 0) is 16.1 Å². The summed E-state index contributed by atoms with van der Waals surface area (Å²) in [5.41, 5.74) is 0. The van der Waals surface area contributed by atoms with Crippen molar-refractivity contribution >= 4 is 12.0 Å². The zero-order valence-electron chi connectivity index (χ0n) is 11.5. The van der Waals surface area contributed by atoms with E-state index in [9.17, 15) is 9.59 Å². The number of carboxylic acid groups (broad SMARTS) is 1. The predicted molar refractivity (Wildman–Crippen MR) is 71.3 cm³/mol. The molecule has 0 saturated carbocycles. The van der Waals surface area contributed by atoms with Crippen molar-refractivity contribution in [2.24, 2.45) is 0 Å². The van der Waals surface area contributed by atoms with Crippen molar-refractivity contribution in [2.45, 2.75) is 13.0 Å². The van der Waals surface area contributed by atoms with Crippen molar-refractivity contribution < 1.29 is 19.4 Å². The molecule has 8 heteroatoms. The van der Waals surface area contributed by atoms with E-state index in [1.54, 1.807) is 12.5 Å². The van der Waals surface area contributed by atoms with E-state index in [-0.39, 0.29) is 13.1 Å². The minimum Gasteiger partial charge on any atom is -0.480 e. The minimum atomic E-state index is -1.05. The number of nitrogens with one attached hydrogen (secondary N) is 1. The predicted octanol–water partition coefficient (Wildman–Crippen LogP) is 0.0158. The van der Waals surface area contributed by atoms with Crippen LogP contribution in [0.5, 0.6) is 0 Å². The molecule has 2 amide bonds. The lowest BCUT2D eigenvalue weighted by molar-refractivity contribution is -0.137. The Morgan fingerprint density at radius 2 is 2.30 bits per heavy atom. The maximum atomic E-state index is 11.8. The Labute approximate surface area is 117 Å². The van der Waals surface area contributed by atoms with Gasteiger partial charge in [-0.05, 0) is 6.42 Å². The number of ether oxygens (including phenoxy) is 1. The number of methoxy groups -OCH3 is 1. The van der Waals surface area contributed by atoms with Crippen LogP contribution in [0.3, 0.4) is 0 Å². The van der Waals surface area contributed by atoms with Crippen LogP contribution in [0.1, 0.15) is 6.42 Å². The zero-order chi connectivity index (χ0) is 14.8. The number of urea groups is 1. The first-order valence-electron chi connectivity index (χ1n) is 6.32. The number of carbonyl (C=O) groups excluding carboxylic acids is 1. The third-order valence-corrected chi connectivity index (χ3v) is 2.61. The molecule has 0 saturated heterocycles.